The van der Waals surface area contributed by atoms with E-state index in [-0.39, 0.29) is 0 Å². The van der Waals surface area contributed by atoms with Gasteiger partial charge in [-0.2, -0.15) is 5.26 Å². The van der Waals surface area contributed by atoms with Crippen LogP contribution in [0.5, 0.6) is 0 Å². The maximum Gasteiger partial charge on any atom is 0.163 e. The summed E-state index contributed by atoms with van der Waals surface area (Å²) in [6, 6.07) is 5.80. The fourth-order valence-electron chi connectivity index (χ4n) is 2.96. The second-order valence-electron chi connectivity index (χ2n) is 5.77. The predicted molar refractivity (Wildman–Crippen MR) is 80.1 cm³/mol. The lowest BCUT2D eigenvalue weighted by Gasteiger charge is -2.40. The van der Waals surface area contributed by atoms with Crippen LogP contribution >= 0.6 is 0 Å². The Morgan fingerprint density at radius 1 is 1.50 bits per heavy atom. The number of pyridine rings is 1. The smallest absolute Gasteiger partial charge is 0.163 e. The second kappa shape index (κ2) is 5.73. The summed E-state index contributed by atoms with van der Waals surface area (Å²) in [6.45, 7) is 1.27. The van der Waals surface area contributed by atoms with Crippen molar-refractivity contribution in [1.82, 2.24) is 19.7 Å². The van der Waals surface area contributed by atoms with Crippen LogP contribution in [-0.4, -0.2) is 43.5 Å². The third-order valence-corrected chi connectivity index (χ3v) is 4.08. The van der Waals surface area contributed by atoms with E-state index in [9.17, 15) is 10.4 Å². The first-order chi connectivity index (χ1) is 10.6. The number of aryl methyl sites for hydroxylation is 1. The highest BCUT2D eigenvalue weighted by Crippen LogP contribution is 2.29. The third-order valence-electron chi connectivity index (χ3n) is 4.08. The summed E-state index contributed by atoms with van der Waals surface area (Å²) in [5, 5.41) is 28.1. The number of nitriles is 1. The Morgan fingerprint density at radius 2 is 2.36 bits per heavy atom. The first-order valence-electron chi connectivity index (χ1n) is 7.27. The zero-order valence-electron chi connectivity index (χ0n) is 12.5. The van der Waals surface area contributed by atoms with Crippen LogP contribution < -0.4 is 4.90 Å². The van der Waals surface area contributed by atoms with Crippen LogP contribution in [0, 0.1) is 11.3 Å². The average Bonchev–Trinajstić information content (AvgIpc) is 2.91. The van der Waals surface area contributed by atoms with Gasteiger partial charge in [-0.15, -0.1) is 10.2 Å². The molecule has 1 unspecified atom stereocenters. The van der Waals surface area contributed by atoms with Crippen molar-refractivity contribution in [1.29, 1.82) is 5.26 Å². The lowest BCUT2D eigenvalue weighted by molar-refractivity contribution is 0.0238. The highest BCUT2D eigenvalue weighted by atomic mass is 16.3. The van der Waals surface area contributed by atoms with E-state index in [0.717, 1.165) is 24.5 Å². The molecule has 3 heterocycles. The van der Waals surface area contributed by atoms with Crippen molar-refractivity contribution >= 4 is 5.69 Å². The largest absolute Gasteiger partial charge is 0.388 e. The number of hydrogen-bond donors (Lipinski definition) is 1. The van der Waals surface area contributed by atoms with Crippen LogP contribution in [0.4, 0.5) is 5.69 Å². The SMILES string of the molecule is Cn1cnnc1CC1(O)CCCN(c2cccnc2C#N)C1. The molecule has 1 aliphatic rings. The van der Waals surface area contributed by atoms with Gasteiger partial charge in [0.15, 0.2) is 5.69 Å². The lowest BCUT2D eigenvalue weighted by atomic mass is 9.89. The van der Waals surface area contributed by atoms with Crippen molar-refractivity contribution in [3.05, 3.63) is 36.2 Å². The average molecular weight is 298 g/mol. The van der Waals surface area contributed by atoms with Crippen molar-refractivity contribution in [2.75, 3.05) is 18.0 Å². The van der Waals surface area contributed by atoms with E-state index in [1.54, 1.807) is 12.5 Å². The van der Waals surface area contributed by atoms with E-state index in [1.165, 1.54) is 0 Å². The number of aromatic nitrogens is 4. The zero-order chi connectivity index (χ0) is 15.6. The van der Waals surface area contributed by atoms with Crippen LogP contribution in [0.2, 0.25) is 0 Å². The molecular formula is C15H18N6O. The number of β-amino-alcohol motifs (C(OH)–C–C–N with tert-alkyl or cyclic N) is 1. The molecule has 1 N–H and O–H groups in total. The predicted octanol–water partition coefficient (Wildman–Crippen LogP) is 0.656. The number of piperidine rings is 1. The van der Waals surface area contributed by atoms with Gasteiger partial charge in [-0.3, -0.25) is 0 Å². The van der Waals surface area contributed by atoms with E-state index < -0.39 is 5.60 Å². The molecule has 0 aromatic carbocycles. The zero-order valence-corrected chi connectivity index (χ0v) is 12.5. The molecule has 0 spiro atoms. The Labute approximate surface area is 128 Å². The Hall–Kier alpha value is -2.46. The molecule has 1 saturated heterocycles. The first kappa shape index (κ1) is 14.5. The summed E-state index contributed by atoms with van der Waals surface area (Å²) < 4.78 is 1.82. The van der Waals surface area contributed by atoms with E-state index >= 15 is 0 Å². The monoisotopic (exact) mass is 298 g/mol. The third kappa shape index (κ3) is 2.78. The molecular weight excluding hydrogens is 280 g/mol. The Balaban J connectivity index is 1.82. The summed E-state index contributed by atoms with van der Waals surface area (Å²) in [4.78, 5) is 6.13. The van der Waals surface area contributed by atoms with Gasteiger partial charge in [-0.1, -0.05) is 0 Å². The molecule has 7 nitrogen and oxygen atoms in total. The number of anilines is 1. The van der Waals surface area contributed by atoms with Gasteiger partial charge in [0.1, 0.15) is 18.2 Å². The van der Waals surface area contributed by atoms with E-state index in [2.05, 4.69) is 21.3 Å². The van der Waals surface area contributed by atoms with Gasteiger partial charge in [0, 0.05) is 32.8 Å². The van der Waals surface area contributed by atoms with Gasteiger partial charge in [-0.05, 0) is 25.0 Å². The molecule has 22 heavy (non-hydrogen) atoms. The minimum absolute atomic E-state index is 0.394. The minimum atomic E-state index is -0.873. The van der Waals surface area contributed by atoms with E-state index in [0.29, 0.717) is 25.1 Å². The number of aliphatic hydroxyl groups is 1. The van der Waals surface area contributed by atoms with Crippen LogP contribution in [0.3, 0.4) is 0 Å². The minimum Gasteiger partial charge on any atom is -0.388 e. The fraction of sp³-hybridized carbons (Fsp3) is 0.467. The molecule has 0 radical (unpaired) electrons. The van der Waals surface area contributed by atoms with Crippen LogP contribution in [-0.2, 0) is 13.5 Å². The molecule has 7 heteroatoms. The first-order valence-corrected chi connectivity index (χ1v) is 7.27. The Kier molecular flexibility index (Phi) is 3.77. The lowest BCUT2D eigenvalue weighted by Crippen LogP contribution is -2.50. The van der Waals surface area contributed by atoms with Gasteiger partial charge < -0.3 is 14.6 Å². The van der Waals surface area contributed by atoms with Gasteiger partial charge in [0.2, 0.25) is 0 Å². The number of nitrogens with zero attached hydrogens (tertiary/aromatic N) is 6. The molecule has 0 bridgehead atoms. The summed E-state index contributed by atoms with van der Waals surface area (Å²) >= 11 is 0. The molecule has 2 aromatic rings. The summed E-state index contributed by atoms with van der Waals surface area (Å²) in [5.74, 6) is 0.760. The van der Waals surface area contributed by atoms with E-state index in [4.69, 9.17) is 0 Å². The quantitative estimate of drug-likeness (QED) is 0.895. The topological polar surface area (TPSA) is 90.9 Å². The standard InChI is InChI=1S/C15H18N6O/c1-20-11-18-19-14(20)8-15(22)5-3-7-21(10-15)13-4-2-6-17-12(13)9-16/h2,4,6,11,22H,3,5,7-8,10H2,1H3. The van der Waals surface area contributed by atoms with Gasteiger partial charge in [0.05, 0.1) is 11.3 Å². The molecule has 114 valence electrons. The summed E-state index contributed by atoms with van der Waals surface area (Å²) in [6.07, 6.45) is 5.25. The molecule has 0 aliphatic carbocycles. The van der Waals surface area contributed by atoms with Gasteiger partial charge in [-0.25, -0.2) is 4.98 Å². The van der Waals surface area contributed by atoms with Gasteiger partial charge in [0.25, 0.3) is 0 Å². The molecule has 1 aliphatic heterocycles. The van der Waals surface area contributed by atoms with Crippen molar-refractivity contribution in [3.63, 3.8) is 0 Å². The highest BCUT2D eigenvalue weighted by molar-refractivity contribution is 5.56. The second-order valence-corrected chi connectivity index (χ2v) is 5.77. The van der Waals surface area contributed by atoms with Crippen LogP contribution in [0.15, 0.2) is 24.7 Å². The molecule has 3 rings (SSSR count). The number of rotatable bonds is 3. The van der Waals surface area contributed by atoms with Crippen molar-refractivity contribution < 1.29 is 5.11 Å². The maximum atomic E-state index is 10.9. The summed E-state index contributed by atoms with van der Waals surface area (Å²) in [5.41, 5.74) is 0.299. The molecule has 1 atom stereocenters. The fourth-order valence-corrected chi connectivity index (χ4v) is 2.96. The Bertz CT molecular complexity index is 706. The normalized spacial score (nSPS) is 21.6. The van der Waals surface area contributed by atoms with Crippen LogP contribution in [0.25, 0.3) is 0 Å². The number of hydrogen-bond acceptors (Lipinski definition) is 6. The molecule has 1 fully saturated rings. The maximum absolute atomic E-state index is 10.9. The molecule has 2 aromatic heterocycles. The van der Waals surface area contributed by atoms with Crippen molar-refractivity contribution in [2.24, 2.45) is 7.05 Å². The molecule has 0 saturated carbocycles. The van der Waals surface area contributed by atoms with Crippen LogP contribution in [0.1, 0.15) is 24.4 Å². The van der Waals surface area contributed by atoms with Gasteiger partial charge >= 0.3 is 0 Å². The molecule has 0 amide bonds. The van der Waals surface area contributed by atoms with Crippen molar-refractivity contribution in [2.45, 2.75) is 24.9 Å². The summed E-state index contributed by atoms with van der Waals surface area (Å²) in [7, 11) is 1.87. The highest BCUT2D eigenvalue weighted by Gasteiger charge is 2.35. The Morgan fingerprint density at radius 3 is 3.09 bits per heavy atom. The van der Waals surface area contributed by atoms with E-state index in [1.807, 2.05) is 28.6 Å². The van der Waals surface area contributed by atoms with Crippen molar-refractivity contribution in [3.8, 4) is 6.07 Å².